The molecule has 0 rings (SSSR count). The summed E-state index contributed by atoms with van der Waals surface area (Å²) in [5.74, 6) is 7.00. The van der Waals surface area contributed by atoms with Crippen molar-refractivity contribution in [2.45, 2.75) is 30.4 Å². The van der Waals surface area contributed by atoms with Gasteiger partial charge in [0.15, 0.2) is 0 Å². The van der Waals surface area contributed by atoms with Gasteiger partial charge in [-0.1, -0.05) is 13.1 Å². The molecule has 0 aliphatic rings. The van der Waals surface area contributed by atoms with Crippen molar-refractivity contribution in [3.8, 4) is 0 Å². The molecular weight excluding hydrogens is 208 g/mol. The van der Waals surface area contributed by atoms with Gasteiger partial charge in [0.05, 0.1) is 8.80 Å². The van der Waals surface area contributed by atoms with Crippen LogP contribution in [0.25, 0.3) is 0 Å². The number of alkyl halides is 1. The van der Waals surface area contributed by atoms with E-state index >= 15 is 0 Å². The fourth-order valence-electron chi connectivity index (χ4n) is 0. The summed E-state index contributed by atoms with van der Waals surface area (Å²) in [6, 6.07) is 0. The monoisotopic (exact) mass is 226 g/mol. The number of hydrogen-bond donors (Lipinski definition) is 0. The van der Waals surface area contributed by atoms with Crippen LogP contribution in [-0.2, 0) is 0 Å². The van der Waals surface area contributed by atoms with Gasteiger partial charge < -0.3 is 0 Å². The van der Waals surface area contributed by atoms with Crippen LogP contribution >= 0.6 is 11.6 Å². The molecule has 0 N–H and O–H groups in total. The maximum atomic E-state index is 5.38. The Morgan fingerprint density at radius 2 is 1.33 bits per heavy atom. The SMILES string of the molecule is C[Si](C)CCl.[CH3][Ge]([CH3])[CH3]. The van der Waals surface area contributed by atoms with E-state index in [9.17, 15) is 0 Å². The number of hydrogen-bond acceptors (Lipinski definition) is 0. The zero-order valence-corrected chi connectivity index (χ0v) is 10.9. The first-order valence-corrected chi connectivity index (χ1v) is 12.7. The molecule has 0 atom stereocenters. The Morgan fingerprint density at radius 1 is 1.22 bits per heavy atom. The molecule has 0 unspecified atom stereocenters. The van der Waals surface area contributed by atoms with Gasteiger partial charge in [-0.15, -0.1) is 11.6 Å². The molecule has 0 amide bonds. The first-order chi connectivity index (χ1) is 4.00. The predicted molar refractivity (Wildman–Crippen MR) is 51.5 cm³/mol. The van der Waals surface area contributed by atoms with E-state index in [0.717, 1.165) is 5.50 Å². The van der Waals surface area contributed by atoms with Crippen molar-refractivity contribution in [1.29, 1.82) is 0 Å². The second-order valence-electron chi connectivity index (χ2n) is 2.84. The zero-order valence-electron chi connectivity index (χ0n) is 7.09. The third-order valence-electron chi connectivity index (χ3n) is 0.267. The third kappa shape index (κ3) is 48.4. The molecule has 9 heavy (non-hydrogen) atoms. The molecule has 2 radical (unpaired) electrons. The summed E-state index contributed by atoms with van der Waals surface area (Å²) in [7, 11) is -0.109. The molecule has 0 aromatic carbocycles. The topological polar surface area (TPSA) is 0 Å². The van der Waals surface area contributed by atoms with Crippen molar-refractivity contribution < 1.29 is 0 Å². The summed E-state index contributed by atoms with van der Waals surface area (Å²) in [6.07, 6.45) is 0. The van der Waals surface area contributed by atoms with Crippen molar-refractivity contribution in [2.75, 3.05) is 5.50 Å². The van der Waals surface area contributed by atoms with Gasteiger partial charge in [-0.2, -0.15) is 0 Å². The average Bonchev–Trinajstić information content (AvgIpc) is 1.65. The van der Waals surface area contributed by atoms with E-state index in [2.05, 4.69) is 30.4 Å². The fraction of sp³-hybridized carbons (Fsp3) is 1.00. The summed E-state index contributed by atoms with van der Waals surface area (Å²) in [6.45, 7) is 4.38. The molecule has 3 heteroatoms. The molecule has 0 fully saturated rings. The quantitative estimate of drug-likeness (QED) is 0.475. The van der Waals surface area contributed by atoms with E-state index in [4.69, 9.17) is 11.6 Å². The Hall–Kier alpha value is 1.05. The Kier molecular flexibility index (Phi) is 12.8. The van der Waals surface area contributed by atoms with E-state index in [0.29, 0.717) is 0 Å². The molecule has 0 saturated carbocycles. The summed E-state index contributed by atoms with van der Waals surface area (Å²) < 4.78 is 0. The van der Waals surface area contributed by atoms with E-state index < -0.39 is 0 Å². The Morgan fingerprint density at radius 3 is 1.33 bits per heavy atom. The van der Waals surface area contributed by atoms with Crippen molar-refractivity contribution in [2.24, 2.45) is 0 Å². The van der Waals surface area contributed by atoms with Crippen LogP contribution in [0.4, 0.5) is 0 Å². The van der Waals surface area contributed by atoms with E-state index in [1.165, 1.54) is 0 Å². The molecule has 0 saturated heterocycles. The second kappa shape index (κ2) is 9.05. The minimum atomic E-state index is -0.333. The predicted octanol–water partition coefficient (Wildman–Crippen LogP) is 2.89. The van der Waals surface area contributed by atoms with Crippen LogP contribution in [0.5, 0.6) is 0 Å². The van der Waals surface area contributed by atoms with Gasteiger partial charge in [0.2, 0.25) is 0 Å². The Bertz CT molecular complexity index is 45.6. The number of halogens is 1. The van der Waals surface area contributed by atoms with Gasteiger partial charge in [-0.25, -0.2) is 0 Å². The van der Waals surface area contributed by atoms with Crippen molar-refractivity contribution in [3.63, 3.8) is 0 Å². The molecule has 0 aromatic rings. The molecule has 56 valence electrons. The summed E-state index contributed by atoms with van der Waals surface area (Å²) >= 11 is 5.05. The molecule has 0 aromatic heterocycles. The van der Waals surface area contributed by atoms with Crippen LogP contribution in [-0.4, -0.2) is 28.6 Å². The maximum absolute atomic E-state index is 5.38. The molecular formula is C6H17ClGeSi. The molecule has 0 bridgehead atoms. The van der Waals surface area contributed by atoms with Crippen LogP contribution < -0.4 is 0 Å². The van der Waals surface area contributed by atoms with E-state index in [1.54, 1.807) is 0 Å². The summed E-state index contributed by atoms with van der Waals surface area (Å²) in [5, 5.41) is 0. The van der Waals surface area contributed by atoms with Crippen LogP contribution in [0.15, 0.2) is 0 Å². The van der Waals surface area contributed by atoms with E-state index in [-0.39, 0.29) is 23.1 Å². The van der Waals surface area contributed by atoms with Gasteiger partial charge in [0.1, 0.15) is 0 Å². The molecule has 0 heterocycles. The molecule has 0 spiro atoms. The Balaban J connectivity index is 0. The van der Waals surface area contributed by atoms with Gasteiger partial charge >= 0.3 is 31.6 Å². The summed E-state index contributed by atoms with van der Waals surface area (Å²) in [4.78, 5) is 0. The summed E-state index contributed by atoms with van der Waals surface area (Å²) in [5.41, 5.74) is 0.880. The van der Waals surface area contributed by atoms with Crippen LogP contribution in [0.2, 0.25) is 30.4 Å². The normalized spacial score (nSPS) is 9.33. The number of rotatable bonds is 1. The van der Waals surface area contributed by atoms with Gasteiger partial charge in [-0.3, -0.25) is 0 Å². The van der Waals surface area contributed by atoms with Crippen LogP contribution in [0, 0.1) is 0 Å². The molecule has 0 aliphatic heterocycles. The molecule has 0 aliphatic carbocycles. The van der Waals surface area contributed by atoms with Gasteiger partial charge in [-0.05, 0) is 0 Å². The van der Waals surface area contributed by atoms with Crippen molar-refractivity contribution in [1.82, 2.24) is 0 Å². The van der Waals surface area contributed by atoms with Gasteiger partial charge in [0, 0.05) is 5.50 Å². The van der Waals surface area contributed by atoms with Crippen LogP contribution in [0.1, 0.15) is 0 Å². The first-order valence-electron chi connectivity index (χ1n) is 3.12. The van der Waals surface area contributed by atoms with Crippen molar-refractivity contribution >= 4 is 34.7 Å². The average molecular weight is 225 g/mol. The minimum absolute atomic E-state index is 0.109. The third-order valence-corrected chi connectivity index (χ3v) is 2.41. The molecule has 0 nitrogen and oxygen atoms in total. The first kappa shape index (κ1) is 12.7. The van der Waals surface area contributed by atoms with Crippen LogP contribution in [0.3, 0.4) is 0 Å². The zero-order chi connectivity index (χ0) is 7.86. The van der Waals surface area contributed by atoms with Gasteiger partial charge in [0.25, 0.3) is 0 Å². The standard InChI is InChI=1S/C3H8ClSi.C3H9Ge/c1-5(2)3-4;1-4(2)3/h3H2,1-2H3;1-3H3. The Labute approximate surface area is 70.7 Å². The fourth-order valence-corrected chi connectivity index (χ4v) is 0. The van der Waals surface area contributed by atoms with E-state index in [1.807, 2.05) is 0 Å². The van der Waals surface area contributed by atoms with Crippen molar-refractivity contribution in [3.05, 3.63) is 0 Å². The second-order valence-corrected chi connectivity index (χ2v) is 12.6.